The second-order valence-electron chi connectivity index (χ2n) is 10.1. The SMILES string of the molecule is NC(N)=NCCCC(NC(=O)C(Cc1c[nH]c2ccccc12)NC(=O)C1CCCN1)C(=O)NC(CCC(=O)O)C(=O)O. The maximum atomic E-state index is 13.6. The molecule has 1 aromatic carbocycles. The highest BCUT2D eigenvalue weighted by molar-refractivity contribution is 5.95. The summed E-state index contributed by atoms with van der Waals surface area (Å²) in [5.41, 5.74) is 12.4. The van der Waals surface area contributed by atoms with E-state index in [4.69, 9.17) is 16.6 Å². The van der Waals surface area contributed by atoms with Crippen LogP contribution < -0.4 is 32.7 Å². The van der Waals surface area contributed by atoms with Crippen molar-refractivity contribution in [1.82, 2.24) is 26.3 Å². The summed E-state index contributed by atoms with van der Waals surface area (Å²) in [6.45, 7) is 0.828. The largest absolute Gasteiger partial charge is 0.481 e. The topological polar surface area (TPSA) is 254 Å². The van der Waals surface area contributed by atoms with Crippen LogP contribution >= 0.6 is 0 Å². The van der Waals surface area contributed by atoms with Crippen LogP contribution in [0.25, 0.3) is 10.9 Å². The van der Waals surface area contributed by atoms with Gasteiger partial charge in [0.1, 0.15) is 18.1 Å². The third-order valence-corrected chi connectivity index (χ3v) is 6.95. The molecule has 1 aliphatic rings. The van der Waals surface area contributed by atoms with E-state index in [2.05, 4.69) is 31.2 Å². The van der Waals surface area contributed by atoms with E-state index in [1.54, 1.807) is 6.20 Å². The summed E-state index contributed by atoms with van der Waals surface area (Å²) in [6, 6.07) is 3.28. The van der Waals surface area contributed by atoms with Crippen LogP contribution in [0, 0.1) is 0 Å². The van der Waals surface area contributed by atoms with Crippen molar-refractivity contribution in [2.75, 3.05) is 13.1 Å². The Bertz CT molecular complexity index is 1300. The van der Waals surface area contributed by atoms with E-state index in [-0.39, 0.29) is 44.1 Å². The average Bonchev–Trinajstić information content (AvgIpc) is 3.62. The number of rotatable bonds is 16. The Morgan fingerprint density at radius 3 is 2.36 bits per heavy atom. The Hall–Kier alpha value is -4.66. The second kappa shape index (κ2) is 15.4. The molecule has 15 nitrogen and oxygen atoms in total. The van der Waals surface area contributed by atoms with Gasteiger partial charge in [-0.15, -0.1) is 0 Å². The highest BCUT2D eigenvalue weighted by atomic mass is 16.4. The quantitative estimate of drug-likeness (QED) is 0.0653. The number of nitrogens with one attached hydrogen (secondary N) is 5. The van der Waals surface area contributed by atoms with Crippen molar-refractivity contribution < 1.29 is 34.2 Å². The van der Waals surface area contributed by atoms with Gasteiger partial charge in [-0.1, -0.05) is 18.2 Å². The van der Waals surface area contributed by atoms with Gasteiger partial charge in [0.25, 0.3) is 0 Å². The number of benzene rings is 1. The van der Waals surface area contributed by atoms with Crippen LogP contribution in [0.2, 0.25) is 0 Å². The van der Waals surface area contributed by atoms with Crippen molar-refractivity contribution >= 4 is 46.5 Å². The number of carboxylic acid groups (broad SMARTS) is 2. The minimum atomic E-state index is -1.49. The smallest absolute Gasteiger partial charge is 0.326 e. The molecule has 15 heteroatoms. The van der Waals surface area contributed by atoms with E-state index in [0.29, 0.717) is 13.0 Å². The van der Waals surface area contributed by atoms with Gasteiger partial charge in [-0.3, -0.25) is 24.2 Å². The molecule has 4 unspecified atom stereocenters. The van der Waals surface area contributed by atoms with Crippen molar-refractivity contribution in [3.8, 4) is 0 Å². The minimum absolute atomic E-state index is 0.0392. The minimum Gasteiger partial charge on any atom is -0.481 e. The van der Waals surface area contributed by atoms with Crippen molar-refractivity contribution in [1.29, 1.82) is 0 Å². The lowest BCUT2D eigenvalue weighted by molar-refractivity contribution is -0.143. The van der Waals surface area contributed by atoms with Crippen molar-refractivity contribution in [3.05, 3.63) is 36.0 Å². The van der Waals surface area contributed by atoms with E-state index in [1.807, 2.05) is 24.3 Å². The Balaban J connectivity index is 1.81. The Labute approximate surface area is 241 Å². The molecule has 0 bridgehead atoms. The first kappa shape index (κ1) is 31.9. The zero-order chi connectivity index (χ0) is 30.6. The zero-order valence-corrected chi connectivity index (χ0v) is 23.1. The van der Waals surface area contributed by atoms with Crippen LogP contribution in [0.3, 0.4) is 0 Å². The monoisotopic (exact) mass is 586 g/mol. The van der Waals surface area contributed by atoms with Crippen LogP contribution in [-0.2, 0) is 30.4 Å². The van der Waals surface area contributed by atoms with Crippen LogP contribution in [0.4, 0.5) is 0 Å². The molecule has 3 rings (SSSR count). The van der Waals surface area contributed by atoms with Crippen LogP contribution in [0.15, 0.2) is 35.5 Å². The molecular formula is C27H38N8O7. The number of aromatic nitrogens is 1. The molecule has 2 heterocycles. The summed E-state index contributed by atoms with van der Waals surface area (Å²) in [7, 11) is 0. The lowest BCUT2D eigenvalue weighted by Crippen LogP contribution is -2.57. The predicted molar refractivity (Wildman–Crippen MR) is 153 cm³/mol. The third-order valence-electron chi connectivity index (χ3n) is 6.95. The predicted octanol–water partition coefficient (Wildman–Crippen LogP) is -1.08. The first-order valence-corrected chi connectivity index (χ1v) is 13.7. The number of nitrogens with two attached hydrogens (primary N) is 2. The summed E-state index contributed by atoms with van der Waals surface area (Å²) >= 11 is 0. The van der Waals surface area contributed by atoms with Gasteiger partial charge in [0.15, 0.2) is 5.96 Å². The fourth-order valence-corrected chi connectivity index (χ4v) is 4.75. The van der Waals surface area contributed by atoms with Gasteiger partial charge < -0.3 is 47.9 Å². The van der Waals surface area contributed by atoms with Gasteiger partial charge in [-0.05, 0) is 50.3 Å². The van der Waals surface area contributed by atoms with Gasteiger partial charge in [0.05, 0.1) is 6.04 Å². The maximum Gasteiger partial charge on any atom is 0.326 e. The van der Waals surface area contributed by atoms with Crippen molar-refractivity contribution in [2.45, 2.75) is 69.1 Å². The number of H-pyrrole nitrogens is 1. The first-order chi connectivity index (χ1) is 20.0. The lowest BCUT2D eigenvalue weighted by Gasteiger charge is -2.25. The Kier molecular flexibility index (Phi) is 11.7. The molecule has 11 N–H and O–H groups in total. The van der Waals surface area contributed by atoms with E-state index in [1.165, 1.54) is 0 Å². The molecule has 1 fully saturated rings. The number of aromatic amines is 1. The number of amides is 3. The number of para-hydroxylation sites is 1. The van der Waals surface area contributed by atoms with Gasteiger partial charge in [0.2, 0.25) is 17.7 Å². The van der Waals surface area contributed by atoms with E-state index < -0.39 is 54.3 Å². The first-order valence-electron chi connectivity index (χ1n) is 13.7. The molecule has 3 amide bonds. The zero-order valence-electron chi connectivity index (χ0n) is 23.1. The summed E-state index contributed by atoms with van der Waals surface area (Å²) in [6.07, 6.45) is 2.78. The number of aliphatic imine (C=N–C) groups is 1. The molecule has 228 valence electrons. The molecule has 4 atom stereocenters. The molecule has 0 radical (unpaired) electrons. The highest BCUT2D eigenvalue weighted by Gasteiger charge is 2.32. The number of hydrogen-bond donors (Lipinski definition) is 9. The molecule has 0 spiro atoms. The average molecular weight is 587 g/mol. The van der Waals surface area contributed by atoms with Gasteiger partial charge in [-0.2, -0.15) is 0 Å². The second-order valence-corrected chi connectivity index (χ2v) is 10.1. The number of nitrogens with zero attached hydrogens (tertiary/aromatic N) is 1. The van der Waals surface area contributed by atoms with E-state index in [9.17, 15) is 29.1 Å². The fourth-order valence-electron chi connectivity index (χ4n) is 4.75. The van der Waals surface area contributed by atoms with Gasteiger partial charge in [-0.25, -0.2) is 4.79 Å². The number of fused-ring (bicyclic) bond motifs is 1. The molecule has 1 aromatic heterocycles. The highest BCUT2D eigenvalue weighted by Crippen LogP contribution is 2.19. The number of carbonyl (C=O) groups is 5. The molecule has 2 aromatic rings. The summed E-state index contributed by atoms with van der Waals surface area (Å²) in [4.78, 5) is 69.5. The summed E-state index contributed by atoms with van der Waals surface area (Å²) < 4.78 is 0. The van der Waals surface area contributed by atoms with Crippen LogP contribution in [-0.4, -0.2) is 88.1 Å². The number of aliphatic carboxylic acids is 2. The number of carboxylic acids is 2. The maximum absolute atomic E-state index is 13.6. The fraction of sp³-hybridized carbons (Fsp3) is 0.481. The summed E-state index contributed by atoms with van der Waals surface area (Å²) in [5.74, 6) is -4.59. The molecular weight excluding hydrogens is 548 g/mol. The van der Waals surface area contributed by atoms with Crippen LogP contribution in [0.5, 0.6) is 0 Å². The van der Waals surface area contributed by atoms with Crippen molar-refractivity contribution in [3.63, 3.8) is 0 Å². The molecule has 0 saturated carbocycles. The van der Waals surface area contributed by atoms with E-state index in [0.717, 1.165) is 22.9 Å². The van der Waals surface area contributed by atoms with Crippen molar-refractivity contribution in [2.24, 2.45) is 16.5 Å². The van der Waals surface area contributed by atoms with Gasteiger partial charge in [0, 0.05) is 36.5 Å². The lowest BCUT2D eigenvalue weighted by atomic mass is 10.0. The third kappa shape index (κ3) is 9.47. The molecule has 42 heavy (non-hydrogen) atoms. The van der Waals surface area contributed by atoms with Crippen LogP contribution in [0.1, 0.15) is 44.1 Å². The number of hydrogen-bond acceptors (Lipinski definition) is 7. The molecule has 1 aliphatic heterocycles. The normalized spacial score (nSPS) is 16.6. The summed E-state index contributed by atoms with van der Waals surface area (Å²) in [5, 5.41) is 30.2. The Morgan fingerprint density at radius 2 is 1.69 bits per heavy atom. The Morgan fingerprint density at radius 1 is 0.976 bits per heavy atom. The molecule has 1 saturated heterocycles. The standard InChI is InChI=1S/C27H38N8O7/c28-27(29)31-12-4-8-19(24(39)34-20(26(41)42)9-10-22(36)37)33-25(40)21(35-23(38)18-7-3-11-30-18)13-15-14-32-17-6-2-1-5-16(15)17/h1-2,5-6,14,18-21,30,32H,3-4,7-13H2,(H,33,40)(H,34,39)(H,35,38)(H,36,37)(H,41,42)(H4,28,29,31). The number of guanidine groups is 1. The molecule has 0 aliphatic carbocycles. The number of carbonyl (C=O) groups excluding carboxylic acids is 3. The van der Waals surface area contributed by atoms with Gasteiger partial charge >= 0.3 is 11.9 Å². The van der Waals surface area contributed by atoms with E-state index >= 15 is 0 Å².